The van der Waals surface area contributed by atoms with Gasteiger partial charge in [-0.25, -0.2) is 9.69 Å². The highest BCUT2D eigenvalue weighted by molar-refractivity contribution is 6.22. The number of nitriles is 1. The molecule has 4 amide bonds. The van der Waals surface area contributed by atoms with Crippen molar-refractivity contribution < 1.29 is 27.6 Å². The Morgan fingerprint density at radius 3 is 2.55 bits per heavy atom. The van der Waals surface area contributed by atoms with Crippen LogP contribution in [0.5, 0.6) is 0 Å². The average molecular weight is 404 g/mol. The Bertz CT molecular complexity index is 997. The van der Waals surface area contributed by atoms with E-state index >= 15 is 0 Å². The normalized spacial score (nSPS) is 28.2. The highest BCUT2D eigenvalue weighted by Gasteiger charge is 2.63. The molecular formula is C19H15F3N4O3. The van der Waals surface area contributed by atoms with Crippen LogP contribution in [-0.2, 0) is 15.8 Å². The number of carbonyl (C=O) groups excluding carboxylic acids is 3. The Hall–Kier alpha value is -3.09. The van der Waals surface area contributed by atoms with Crippen molar-refractivity contribution in [3.8, 4) is 6.07 Å². The van der Waals surface area contributed by atoms with Crippen LogP contribution >= 0.6 is 0 Å². The quantitative estimate of drug-likeness (QED) is 0.707. The minimum absolute atomic E-state index is 0.00594. The topological polar surface area (TPSA) is 84.7 Å². The molecule has 5 rings (SSSR count). The van der Waals surface area contributed by atoms with Gasteiger partial charge in [-0.3, -0.25) is 9.59 Å². The molecule has 3 saturated heterocycles. The van der Waals surface area contributed by atoms with Crippen molar-refractivity contribution in [1.82, 2.24) is 9.80 Å². The van der Waals surface area contributed by atoms with E-state index in [0.29, 0.717) is 19.0 Å². The molecule has 0 aromatic heterocycles. The first-order valence-electron chi connectivity index (χ1n) is 9.30. The van der Waals surface area contributed by atoms with E-state index in [1.54, 1.807) is 4.90 Å². The number of amides is 4. The maximum atomic E-state index is 13.3. The molecule has 0 N–H and O–H groups in total. The number of nitrogens with zero attached hydrogens (tertiary/aromatic N) is 4. The molecule has 10 heteroatoms. The SMILES string of the molecule is N#Cc1ccc(N2C(=O)[C@H]3C4CC(CN4C(=O)C4CC4)N3C2=O)cc1C(F)(F)F. The van der Waals surface area contributed by atoms with Crippen LogP contribution in [0.25, 0.3) is 0 Å². The number of hydrogen-bond donors (Lipinski definition) is 0. The minimum Gasteiger partial charge on any atom is -0.335 e. The predicted octanol–water partition coefficient (Wildman–Crippen LogP) is 2.11. The van der Waals surface area contributed by atoms with Gasteiger partial charge in [0.05, 0.1) is 35.0 Å². The van der Waals surface area contributed by atoms with Gasteiger partial charge in [-0.05, 0) is 37.5 Å². The molecule has 1 aliphatic carbocycles. The van der Waals surface area contributed by atoms with Gasteiger partial charge in [0.15, 0.2) is 0 Å². The van der Waals surface area contributed by atoms with E-state index in [1.807, 2.05) is 0 Å². The number of halogens is 3. The highest BCUT2D eigenvalue weighted by Crippen LogP contribution is 2.45. The zero-order chi connectivity index (χ0) is 20.7. The number of anilines is 1. The smallest absolute Gasteiger partial charge is 0.335 e. The summed E-state index contributed by atoms with van der Waals surface area (Å²) in [7, 11) is 0. The number of benzene rings is 1. The molecule has 1 aromatic rings. The van der Waals surface area contributed by atoms with Crippen LogP contribution in [0.2, 0.25) is 0 Å². The number of hydrogen-bond acceptors (Lipinski definition) is 4. The monoisotopic (exact) mass is 404 g/mol. The van der Waals surface area contributed by atoms with Crippen molar-refractivity contribution in [2.24, 2.45) is 5.92 Å². The molecule has 0 radical (unpaired) electrons. The van der Waals surface area contributed by atoms with Crippen LogP contribution in [0.3, 0.4) is 0 Å². The molecule has 150 valence electrons. The zero-order valence-corrected chi connectivity index (χ0v) is 15.0. The Kier molecular flexibility index (Phi) is 3.54. The van der Waals surface area contributed by atoms with Gasteiger partial charge in [0.25, 0.3) is 5.91 Å². The molecule has 3 aliphatic heterocycles. The van der Waals surface area contributed by atoms with Crippen molar-refractivity contribution in [3.63, 3.8) is 0 Å². The van der Waals surface area contributed by atoms with Gasteiger partial charge >= 0.3 is 12.2 Å². The fourth-order valence-corrected chi connectivity index (χ4v) is 4.72. The van der Waals surface area contributed by atoms with Crippen LogP contribution in [0.15, 0.2) is 18.2 Å². The van der Waals surface area contributed by atoms with Crippen LogP contribution in [0, 0.1) is 17.2 Å². The first-order valence-corrected chi connectivity index (χ1v) is 9.30. The van der Waals surface area contributed by atoms with Crippen molar-refractivity contribution in [3.05, 3.63) is 29.3 Å². The van der Waals surface area contributed by atoms with E-state index in [1.165, 1.54) is 17.0 Å². The maximum Gasteiger partial charge on any atom is 0.417 e. The predicted molar refractivity (Wildman–Crippen MR) is 91.3 cm³/mol. The summed E-state index contributed by atoms with van der Waals surface area (Å²) in [5, 5.41) is 8.94. The van der Waals surface area contributed by atoms with E-state index in [-0.39, 0.29) is 23.6 Å². The first kappa shape index (κ1) is 18.0. The average Bonchev–Trinajstić information content (AvgIpc) is 3.27. The summed E-state index contributed by atoms with van der Waals surface area (Å²) < 4.78 is 39.9. The van der Waals surface area contributed by atoms with Crippen LogP contribution in [0.1, 0.15) is 30.4 Å². The fraction of sp³-hybridized carbons (Fsp3) is 0.474. The molecule has 7 nitrogen and oxygen atoms in total. The lowest BCUT2D eigenvalue weighted by atomic mass is 10.1. The molecule has 2 unspecified atom stereocenters. The Morgan fingerprint density at radius 1 is 1.21 bits per heavy atom. The number of urea groups is 1. The van der Waals surface area contributed by atoms with Gasteiger partial charge in [-0.1, -0.05) is 0 Å². The second kappa shape index (κ2) is 5.72. The molecule has 2 bridgehead atoms. The van der Waals surface area contributed by atoms with Crippen molar-refractivity contribution in [2.45, 2.75) is 43.6 Å². The fourth-order valence-electron chi connectivity index (χ4n) is 4.72. The summed E-state index contributed by atoms with van der Waals surface area (Å²) in [6.45, 7) is 0.352. The number of fused-ring (bicyclic) bond motifs is 5. The Morgan fingerprint density at radius 2 is 1.93 bits per heavy atom. The van der Waals surface area contributed by atoms with Crippen molar-refractivity contribution in [2.75, 3.05) is 11.4 Å². The number of imide groups is 1. The Labute approximate surface area is 163 Å². The molecular weight excluding hydrogens is 389 g/mol. The molecule has 29 heavy (non-hydrogen) atoms. The second-order valence-electron chi connectivity index (χ2n) is 7.87. The van der Waals surface area contributed by atoms with Crippen molar-refractivity contribution >= 4 is 23.5 Å². The van der Waals surface area contributed by atoms with Gasteiger partial charge in [0.1, 0.15) is 6.04 Å². The summed E-state index contributed by atoms with van der Waals surface area (Å²) in [6, 6.07) is 1.97. The highest BCUT2D eigenvalue weighted by atomic mass is 19.4. The van der Waals surface area contributed by atoms with Gasteiger partial charge < -0.3 is 9.80 Å². The summed E-state index contributed by atoms with van der Waals surface area (Å²) >= 11 is 0. The van der Waals surface area contributed by atoms with E-state index in [2.05, 4.69) is 0 Å². The molecule has 1 saturated carbocycles. The van der Waals surface area contributed by atoms with Crippen LogP contribution < -0.4 is 4.90 Å². The number of piperazine rings is 1. The zero-order valence-electron chi connectivity index (χ0n) is 15.0. The largest absolute Gasteiger partial charge is 0.417 e. The van der Waals surface area contributed by atoms with Gasteiger partial charge in [0.2, 0.25) is 5.91 Å². The summed E-state index contributed by atoms with van der Waals surface area (Å²) in [6.07, 6.45) is -2.64. The van der Waals surface area contributed by atoms with Gasteiger partial charge in [-0.2, -0.15) is 18.4 Å². The molecule has 3 atom stereocenters. The molecule has 4 aliphatic rings. The van der Waals surface area contributed by atoms with E-state index < -0.39 is 41.3 Å². The van der Waals surface area contributed by atoms with Crippen LogP contribution in [0.4, 0.5) is 23.7 Å². The summed E-state index contributed by atoms with van der Waals surface area (Å²) in [4.78, 5) is 42.2. The first-order chi connectivity index (χ1) is 13.7. The van der Waals surface area contributed by atoms with Gasteiger partial charge in [0, 0.05) is 12.5 Å². The lowest BCUT2D eigenvalue weighted by Gasteiger charge is -2.35. The number of carbonyl (C=O) groups is 3. The summed E-state index contributed by atoms with van der Waals surface area (Å²) in [5.41, 5.74) is -2.00. The van der Waals surface area contributed by atoms with Gasteiger partial charge in [-0.15, -0.1) is 0 Å². The van der Waals surface area contributed by atoms with Crippen LogP contribution in [-0.4, -0.2) is 52.3 Å². The minimum atomic E-state index is -4.80. The maximum absolute atomic E-state index is 13.3. The molecule has 0 spiro atoms. The van der Waals surface area contributed by atoms with E-state index in [0.717, 1.165) is 23.8 Å². The summed E-state index contributed by atoms with van der Waals surface area (Å²) in [5.74, 6) is -0.652. The lowest BCUT2D eigenvalue weighted by Crippen LogP contribution is -2.55. The number of alkyl halides is 3. The number of likely N-dealkylation sites (tertiary alicyclic amines) is 1. The lowest BCUT2D eigenvalue weighted by molar-refractivity contribution is -0.138. The third kappa shape index (κ3) is 2.46. The number of rotatable bonds is 2. The second-order valence-corrected chi connectivity index (χ2v) is 7.87. The molecule has 4 fully saturated rings. The third-order valence-electron chi connectivity index (χ3n) is 6.16. The van der Waals surface area contributed by atoms with E-state index in [4.69, 9.17) is 5.26 Å². The molecule has 3 heterocycles. The van der Waals surface area contributed by atoms with Crippen molar-refractivity contribution in [1.29, 1.82) is 5.26 Å². The molecule has 1 aromatic carbocycles. The van der Waals surface area contributed by atoms with E-state index in [9.17, 15) is 27.6 Å². The Balaban J connectivity index is 1.49. The third-order valence-corrected chi connectivity index (χ3v) is 6.16. The standard InChI is InChI=1S/C19H15F3N4O3/c20-19(21,22)13-5-11(4-3-10(13)7-23)26-17(28)15-14-6-12(25(15)18(26)29)8-24(14)16(27)9-1-2-9/h3-5,9,12,14-15H,1-2,6,8H2/t12?,14?,15-/m1/s1.